The van der Waals surface area contributed by atoms with E-state index < -0.39 is 11.9 Å². The molecule has 0 radical (unpaired) electrons. The molecule has 0 fully saturated rings. The summed E-state index contributed by atoms with van der Waals surface area (Å²) in [5.41, 5.74) is 6.32. The Morgan fingerprint density at radius 2 is 1.82 bits per heavy atom. The van der Waals surface area contributed by atoms with E-state index in [0.29, 0.717) is 12.0 Å². The van der Waals surface area contributed by atoms with Crippen LogP contribution in [-0.4, -0.2) is 18.5 Å². The van der Waals surface area contributed by atoms with Gasteiger partial charge in [0.15, 0.2) is 0 Å². The smallest absolute Gasteiger partial charge is 0.330 e. The summed E-state index contributed by atoms with van der Waals surface area (Å²) in [5.74, 6) is -0.854. The molecule has 0 saturated heterocycles. The maximum absolute atomic E-state index is 10.6. The minimum Gasteiger partial charge on any atom is -0.458 e. The lowest BCUT2D eigenvalue weighted by Gasteiger charge is -1.95. The van der Waals surface area contributed by atoms with Gasteiger partial charge in [-0.15, -0.1) is 6.58 Å². The van der Waals surface area contributed by atoms with Gasteiger partial charge in [0.2, 0.25) is 5.91 Å². The second-order valence-electron chi connectivity index (χ2n) is 4.11. The largest absolute Gasteiger partial charge is 0.458 e. The summed E-state index contributed by atoms with van der Waals surface area (Å²) >= 11 is 0. The minimum atomic E-state index is -0.454. The Morgan fingerprint density at radius 1 is 1.18 bits per heavy atom. The molecule has 0 heterocycles. The number of allylic oxidation sites excluding steroid dienone is 1. The van der Waals surface area contributed by atoms with Gasteiger partial charge < -0.3 is 10.5 Å². The van der Waals surface area contributed by atoms with E-state index in [1.807, 2.05) is 36.4 Å². The topological polar surface area (TPSA) is 69.4 Å². The first-order valence-corrected chi connectivity index (χ1v) is 6.60. The van der Waals surface area contributed by atoms with Crippen LogP contribution in [0, 0.1) is 0 Å². The summed E-state index contributed by atoms with van der Waals surface area (Å²) in [6.45, 7) is 10.4. The highest BCUT2D eigenvalue weighted by molar-refractivity contribution is 5.91. The summed E-state index contributed by atoms with van der Waals surface area (Å²) in [4.78, 5) is 20.8. The molecule has 2 N–H and O–H groups in total. The molecule has 0 aliphatic heterocycles. The van der Waals surface area contributed by atoms with E-state index in [0.717, 1.165) is 11.6 Å². The SMILES string of the molecule is C=CC(=O)OCC=Cc1ccccc1.C=CCC(=C)C(N)=O. The van der Waals surface area contributed by atoms with Gasteiger partial charge in [-0.2, -0.15) is 0 Å². The fourth-order valence-corrected chi connectivity index (χ4v) is 1.21. The average molecular weight is 299 g/mol. The van der Waals surface area contributed by atoms with Gasteiger partial charge >= 0.3 is 5.97 Å². The van der Waals surface area contributed by atoms with Crippen molar-refractivity contribution in [1.29, 1.82) is 0 Å². The first kappa shape index (κ1) is 19.1. The Labute approximate surface area is 131 Å². The molecule has 22 heavy (non-hydrogen) atoms. The van der Waals surface area contributed by atoms with E-state index in [4.69, 9.17) is 10.5 Å². The van der Waals surface area contributed by atoms with E-state index in [1.165, 1.54) is 0 Å². The molecular formula is C18H21NO3. The standard InChI is InChI=1S/C12H12O2.C6H9NO/c1-2-12(13)14-10-6-9-11-7-4-3-5-8-11;1-3-4-5(2)6(7)8/h2-9H,1,10H2;3H,1-2,4H2,(H2,7,8). The van der Waals surface area contributed by atoms with Crippen molar-refractivity contribution >= 4 is 18.0 Å². The predicted molar refractivity (Wildman–Crippen MR) is 89.8 cm³/mol. The summed E-state index contributed by atoms with van der Waals surface area (Å²) in [6, 6.07) is 9.82. The van der Waals surface area contributed by atoms with Crippen LogP contribution in [0.4, 0.5) is 0 Å². The Hall–Kier alpha value is -2.88. The van der Waals surface area contributed by atoms with Crippen LogP contribution in [0.2, 0.25) is 0 Å². The second-order valence-corrected chi connectivity index (χ2v) is 4.11. The molecule has 0 unspecified atom stereocenters. The van der Waals surface area contributed by atoms with Crippen molar-refractivity contribution in [3.63, 3.8) is 0 Å². The number of nitrogens with two attached hydrogens (primary N) is 1. The zero-order chi connectivity index (χ0) is 16.8. The van der Waals surface area contributed by atoms with Crippen molar-refractivity contribution in [2.45, 2.75) is 6.42 Å². The molecule has 0 atom stereocenters. The fraction of sp³-hybridized carbons (Fsp3) is 0.111. The van der Waals surface area contributed by atoms with Crippen molar-refractivity contribution in [2.24, 2.45) is 5.73 Å². The highest BCUT2D eigenvalue weighted by Gasteiger charge is 1.95. The Bertz CT molecular complexity index is 545. The number of benzene rings is 1. The van der Waals surface area contributed by atoms with Crippen molar-refractivity contribution in [3.05, 3.63) is 79.4 Å². The van der Waals surface area contributed by atoms with Crippen LogP contribution in [0.25, 0.3) is 6.08 Å². The van der Waals surface area contributed by atoms with Crippen molar-refractivity contribution < 1.29 is 14.3 Å². The predicted octanol–water partition coefficient (Wildman–Crippen LogP) is 3.03. The van der Waals surface area contributed by atoms with Crippen LogP contribution in [0.3, 0.4) is 0 Å². The monoisotopic (exact) mass is 299 g/mol. The van der Waals surface area contributed by atoms with Crippen LogP contribution >= 0.6 is 0 Å². The lowest BCUT2D eigenvalue weighted by atomic mass is 10.2. The minimum absolute atomic E-state index is 0.278. The number of carbonyl (C=O) groups is 2. The molecule has 0 saturated carbocycles. The van der Waals surface area contributed by atoms with Gasteiger partial charge in [-0.25, -0.2) is 4.79 Å². The molecule has 0 bridgehead atoms. The molecule has 1 amide bonds. The lowest BCUT2D eigenvalue weighted by molar-refractivity contribution is -0.136. The Balaban J connectivity index is 0.000000472. The van der Waals surface area contributed by atoms with Gasteiger partial charge in [0.25, 0.3) is 0 Å². The van der Waals surface area contributed by atoms with Crippen LogP contribution in [0.5, 0.6) is 0 Å². The maximum Gasteiger partial charge on any atom is 0.330 e. The molecule has 0 spiro atoms. The third-order valence-electron chi connectivity index (χ3n) is 2.34. The van der Waals surface area contributed by atoms with Gasteiger partial charge in [-0.05, 0) is 18.1 Å². The van der Waals surface area contributed by atoms with E-state index in [2.05, 4.69) is 19.7 Å². The Kier molecular flexibility index (Phi) is 10.3. The summed E-state index contributed by atoms with van der Waals surface area (Å²) in [6.07, 6.45) is 6.91. The molecular weight excluding hydrogens is 278 g/mol. The van der Waals surface area contributed by atoms with Crippen molar-refractivity contribution in [1.82, 2.24) is 0 Å². The van der Waals surface area contributed by atoms with Gasteiger partial charge in [-0.3, -0.25) is 4.79 Å². The third-order valence-corrected chi connectivity index (χ3v) is 2.34. The lowest BCUT2D eigenvalue weighted by Crippen LogP contribution is -2.12. The molecule has 1 aromatic carbocycles. The maximum atomic E-state index is 10.6. The van der Waals surface area contributed by atoms with Crippen LogP contribution < -0.4 is 5.73 Å². The molecule has 0 aliphatic rings. The van der Waals surface area contributed by atoms with Gasteiger partial charge in [-0.1, -0.05) is 55.6 Å². The zero-order valence-corrected chi connectivity index (χ0v) is 12.5. The number of primary amides is 1. The average Bonchev–Trinajstić information content (AvgIpc) is 2.53. The van der Waals surface area contributed by atoms with Crippen molar-refractivity contribution in [3.8, 4) is 0 Å². The quantitative estimate of drug-likeness (QED) is 0.478. The van der Waals surface area contributed by atoms with Crippen LogP contribution in [0.1, 0.15) is 12.0 Å². The van der Waals surface area contributed by atoms with E-state index in [1.54, 1.807) is 12.2 Å². The molecule has 4 heteroatoms. The van der Waals surface area contributed by atoms with E-state index in [-0.39, 0.29) is 6.61 Å². The first-order valence-electron chi connectivity index (χ1n) is 6.60. The number of ether oxygens (including phenoxy) is 1. The summed E-state index contributed by atoms with van der Waals surface area (Å²) in [5, 5.41) is 0. The van der Waals surface area contributed by atoms with Crippen molar-refractivity contribution in [2.75, 3.05) is 6.61 Å². The number of rotatable bonds is 7. The normalized spacial score (nSPS) is 9.27. The number of hydrogen-bond acceptors (Lipinski definition) is 3. The fourth-order valence-electron chi connectivity index (χ4n) is 1.21. The number of esters is 1. The highest BCUT2D eigenvalue weighted by atomic mass is 16.5. The van der Waals surface area contributed by atoms with Crippen LogP contribution in [-0.2, 0) is 14.3 Å². The molecule has 1 aromatic rings. The number of amides is 1. The first-order chi connectivity index (χ1) is 10.5. The van der Waals surface area contributed by atoms with Crippen LogP contribution in [0.15, 0.2) is 73.9 Å². The molecule has 116 valence electrons. The number of hydrogen-bond donors (Lipinski definition) is 1. The number of carbonyl (C=O) groups excluding carboxylic acids is 2. The third kappa shape index (κ3) is 9.97. The summed E-state index contributed by atoms with van der Waals surface area (Å²) in [7, 11) is 0. The van der Waals surface area contributed by atoms with E-state index >= 15 is 0 Å². The van der Waals surface area contributed by atoms with Gasteiger partial charge in [0.05, 0.1) is 0 Å². The van der Waals surface area contributed by atoms with Gasteiger partial charge in [0.1, 0.15) is 6.61 Å². The highest BCUT2D eigenvalue weighted by Crippen LogP contribution is 2.00. The molecule has 1 rings (SSSR count). The Morgan fingerprint density at radius 3 is 2.27 bits per heavy atom. The molecule has 4 nitrogen and oxygen atoms in total. The zero-order valence-electron chi connectivity index (χ0n) is 12.5. The van der Waals surface area contributed by atoms with Gasteiger partial charge in [0, 0.05) is 11.6 Å². The molecule has 0 aromatic heterocycles. The second kappa shape index (κ2) is 11.9. The molecule has 0 aliphatic carbocycles. The summed E-state index contributed by atoms with van der Waals surface area (Å²) < 4.78 is 4.77. The van der Waals surface area contributed by atoms with E-state index in [9.17, 15) is 9.59 Å².